The van der Waals surface area contributed by atoms with Crippen molar-refractivity contribution in [2.24, 2.45) is 5.92 Å². The maximum absolute atomic E-state index is 12.3. The summed E-state index contributed by atoms with van der Waals surface area (Å²) in [5.74, 6) is -1.73. The first-order chi connectivity index (χ1) is 12.3. The summed E-state index contributed by atoms with van der Waals surface area (Å²) in [6.45, 7) is 4.33. The van der Waals surface area contributed by atoms with Crippen LogP contribution in [0.25, 0.3) is 0 Å². The molecule has 0 unspecified atom stereocenters. The number of ketones is 1. The van der Waals surface area contributed by atoms with Crippen LogP contribution in [-0.2, 0) is 19.1 Å². The summed E-state index contributed by atoms with van der Waals surface area (Å²) in [6, 6.07) is 2.21. The molecule has 0 aliphatic rings. The van der Waals surface area contributed by atoms with E-state index in [2.05, 4.69) is 5.32 Å². The SMILES string of the molecule is CCOC(=O)[C@@H](C(C)=O)[C@H](NC(C)=O)c1cc(OC)c(OC)c(OC)c1. The number of benzene rings is 1. The zero-order chi connectivity index (χ0) is 19.9. The lowest BCUT2D eigenvalue weighted by molar-refractivity contribution is -0.152. The lowest BCUT2D eigenvalue weighted by Crippen LogP contribution is -2.40. The Morgan fingerprint density at radius 2 is 1.54 bits per heavy atom. The molecule has 0 saturated heterocycles. The van der Waals surface area contributed by atoms with Crippen LogP contribution >= 0.6 is 0 Å². The predicted octanol–water partition coefficient (Wildman–Crippen LogP) is 1.66. The largest absolute Gasteiger partial charge is 0.493 e. The zero-order valence-electron chi connectivity index (χ0n) is 15.9. The quantitative estimate of drug-likeness (QED) is 0.523. The van der Waals surface area contributed by atoms with Crippen LogP contribution in [0, 0.1) is 5.92 Å². The first-order valence-corrected chi connectivity index (χ1v) is 8.04. The van der Waals surface area contributed by atoms with Gasteiger partial charge in [-0.15, -0.1) is 0 Å². The molecule has 0 spiro atoms. The molecule has 1 aromatic carbocycles. The van der Waals surface area contributed by atoms with Gasteiger partial charge in [0, 0.05) is 6.92 Å². The van der Waals surface area contributed by atoms with Crippen LogP contribution in [0.4, 0.5) is 0 Å². The van der Waals surface area contributed by atoms with E-state index < -0.39 is 29.6 Å². The van der Waals surface area contributed by atoms with E-state index in [1.807, 2.05) is 0 Å². The number of ether oxygens (including phenoxy) is 4. The van der Waals surface area contributed by atoms with Crippen molar-refractivity contribution < 1.29 is 33.3 Å². The van der Waals surface area contributed by atoms with Crippen molar-refractivity contribution in [1.29, 1.82) is 0 Å². The minimum atomic E-state index is -1.21. The van der Waals surface area contributed by atoms with E-state index in [9.17, 15) is 14.4 Å². The summed E-state index contributed by atoms with van der Waals surface area (Å²) >= 11 is 0. The van der Waals surface area contributed by atoms with Crippen LogP contribution in [0.2, 0.25) is 0 Å². The van der Waals surface area contributed by atoms with Gasteiger partial charge in [-0.25, -0.2) is 0 Å². The Morgan fingerprint density at radius 3 is 1.88 bits per heavy atom. The second-order valence-electron chi connectivity index (χ2n) is 5.48. The molecule has 1 rings (SSSR count). The molecule has 0 bridgehead atoms. The lowest BCUT2D eigenvalue weighted by atomic mass is 9.89. The van der Waals surface area contributed by atoms with Gasteiger partial charge >= 0.3 is 5.97 Å². The lowest BCUT2D eigenvalue weighted by Gasteiger charge is -2.26. The highest BCUT2D eigenvalue weighted by Gasteiger charge is 2.36. The Labute approximate surface area is 152 Å². The van der Waals surface area contributed by atoms with Gasteiger partial charge in [-0.3, -0.25) is 14.4 Å². The van der Waals surface area contributed by atoms with E-state index in [0.29, 0.717) is 22.8 Å². The van der Waals surface area contributed by atoms with E-state index >= 15 is 0 Å². The Balaban J connectivity index is 3.55. The minimum Gasteiger partial charge on any atom is -0.493 e. The number of esters is 1. The van der Waals surface area contributed by atoms with Gasteiger partial charge in [0.1, 0.15) is 11.7 Å². The molecule has 1 aromatic rings. The fraction of sp³-hybridized carbons (Fsp3) is 0.500. The number of rotatable bonds is 9. The third kappa shape index (κ3) is 4.87. The van der Waals surface area contributed by atoms with Crippen molar-refractivity contribution in [2.75, 3.05) is 27.9 Å². The van der Waals surface area contributed by atoms with Crippen LogP contribution in [-0.4, -0.2) is 45.6 Å². The number of hydrogen-bond donors (Lipinski definition) is 1. The van der Waals surface area contributed by atoms with E-state index in [4.69, 9.17) is 18.9 Å². The molecule has 8 heteroatoms. The number of Topliss-reactive ketones (excluding diaryl/α,β-unsaturated/α-hetero) is 1. The molecule has 8 nitrogen and oxygen atoms in total. The Bertz CT molecular complexity index is 646. The van der Waals surface area contributed by atoms with Gasteiger partial charge in [0.15, 0.2) is 11.5 Å². The topological polar surface area (TPSA) is 100 Å². The van der Waals surface area contributed by atoms with E-state index in [-0.39, 0.29) is 6.61 Å². The smallest absolute Gasteiger partial charge is 0.318 e. The van der Waals surface area contributed by atoms with Crippen molar-refractivity contribution >= 4 is 17.7 Å². The van der Waals surface area contributed by atoms with Crippen LogP contribution < -0.4 is 19.5 Å². The molecule has 0 aliphatic heterocycles. The van der Waals surface area contributed by atoms with Crippen molar-refractivity contribution in [3.05, 3.63) is 17.7 Å². The number of hydrogen-bond acceptors (Lipinski definition) is 7. The molecule has 1 N–H and O–H groups in total. The molecule has 26 heavy (non-hydrogen) atoms. The number of nitrogens with one attached hydrogen (secondary N) is 1. The van der Waals surface area contributed by atoms with Crippen LogP contribution in [0.1, 0.15) is 32.4 Å². The molecule has 1 amide bonds. The summed E-state index contributed by atoms with van der Waals surface area (Å²) in [5.41, 5.74) is 0.447. The Hall–Kier alpha value is -2.77. The van der Waals surface area contributed by atoms with Gasteiger partial charge in [0.2, 0.25) is 11.7 Å². The number of carbonyl (C=O) groups is 3. The number of carbonyl (C=O) groups excluding carboxylic acids is 3. The maximum atomic E-state index is 12.3. The van der Waals surface area contributed by atoms with E-state index in [1.165, 1.54) is 35.2 Å². The molecule has 144 valence electrons. The van der Waals surface area contributed by atoms with Crippen LogP contribution in [0.15, 0.2) is 12.1 Å². The summed E-state index contributed by atoms with van der Waals surface area (Å²) in [7, 11) is 4.35. The van der Waals surface area contributed by atoms with Gasteiger partial charge in [-0.2, -0.15) is 0 Å². The molecule has 2 atom stereocenters. The maximum Gasteiger partial charge on any atom is 0.318 e. The second kappa shape index (κ2) is 9.65. The predicted molar refractivity (Wildman–Crippen MR) is 93.5 cm³/mol. The van der Waals surface area contributed by atoms with E-state index in [1.54, 1.807) is 19.1 Å². The normalized spacial score (nSPS) is 12.5. The third-order valence-electron chi connectivity index (χ3n) is 3.72. The van der Waals surface area contributed by atoms with Gasteiger partial charge in [-0.1, -0.05) is 0 Å². The minimum absolute atomic E-state index is 0.116. The summed E-state index contributed by atoms with van der Waals surface area (Å²) in [4.78, 5) is 36.2. The van der Waals surface area contributed by atoms with Crippen molar-refractivity contribution in [1.82, 2.24) is 5.32 Å². The van der Waals surface area contributed by atoms with Crippen LogP contribution in [0.3, 0.4) is 0 Å². The van der Waals surface area contributed by atoms with Gasteiger partial charge in [-0.05, 0) is 31.5 Å². The number of amides is 1. The van der Waals surface area contributed by atoms with Gasteiger partial charge < -0.3 is 24.3 Å². The summed E-state index contributed by atoms with van der Waals surface area (Å²) < 4.78 is 20.9. The number of methoxy groups -OCH3 is 3. The van der Waals surface area contributed by atoms with Crippen LogP contribution in [0.5, 0.6) is 17.2 Å². The Kier molecular flexibility index (Phi) is 7.89. The average Bonchev–Trinajstić information content (AvgIpc) is 2.59. The molecule has 0 aliphatic carbocycles. The van der Waals surface area contributed by atoms with Crippen molar-refractivity contribution in [2.45, 2.75) is 26.8 Å². The third-order valence-corrected chi connectivity index (χ3v) is 3.72. The molecule has 0 saturated carbocycles. The second-order valence-corrected chi connectivity index (χ2v) is 5.48. The fourth-order valence-electron chi connectivity index (χ4n) is 2.63. The van der Waals surface area contributed by atoms with Crippen molar-refractivity contribution in [3.63, 3.8) is 0 Å². The van der Waals surface area contributed by atoms with E-state index in [0.717, 1.165) is 0 Å². The monoisotopic (exact) mass is 367 g/mol. The summed E-state index contributed by atoms with van der Waals surface area (Å²) in [6.07, 6.45) is 0. The van der Waals surface area contributed by atoms with Gasteiger partial charge in [0.05, 0.1) is 34.0 Å². The highest BCUT2D eigenvalue weighted by Crippen LogP contribution is 2.41. The zero-order valence-corrected chi connectivity index (χ0v) is 15.9. The molecule has 0 radical (unpaired) electrons. The van der Waals surface area contributed by atoms with Crippen molar-refractivity contribution in [3.8, 4) is 17.2 Å². The summed E-state index contributed by atoms with van der Waals surface area (Å²) in [5, 5.41) is 2.64. The highest BCUT2D eigenvalue weighted by molar-refractivity contribution is 5.99. The average molecular weight is 367 g/mol. The molecule has 0 fully saturated rings. The fourth-order valence-corrected chi connectivity index (χ4v) is 2.63. The standard InChI is InChI=1S/C18H25NO7/c1-7-26-18(22)15(10(2)20)16(19-11(3)21)12-8-13(23-4)17(25-6)14(9-12)24-5/h8-9,15-16H,7H2,1-6H3,(H,19,21)/t15-,16+/m0/s1. The highest BCUT2D eigenvalue weighted by atomic mass is 16.5. The first-order valence-electron chi connectivity index (χ1n) is 8.04. The van der Waals surface area contributed by atoms with Gasteiger partial charge in [0.25, 0.3) is 0 Å². The first kappa shape index (κ1) is 21.3. The Morgan fingerprint density at radius 1 is 1.00 bits per heavy atom. The molecule has 0 heterocycles. The molecule has 0 aromatic heterocycles. The molecular weight excluding hydrogens is 342 g/mol. The molecular formula is C18H25NO7.